The van der Waals surface area contributed by atoms with Crippen molar-refractivity contribution in [1.82, 2.24) is 5.32 Å². The van der Waals surface area contributed by atoms with E-state index in [9.17, 15) is 9.18 Å². The fourth-order valence-corrected chi connectivity index (χ4v) is 2.92. The predicted molar refractivity (Wildman–Crippen MR) is 79.3 cm³/mol. The Morgan fingerprint density at radius 3 is 2.80 bits per heavy atom. The molecule has 0 spiro atoms. The summed E-state index contributed by atoms with van der Waals surface area (Å²) in [7, 11) is 0. The van der Waals surface area contributed by atoms with Crippen molar-refractivity contribution in [2.24, 2.45) is 0 Å². The number of ether oxygens (including phenoxy) is 1. The molecule has 1 aliphatic rings. The van der Waals surface area contributed by atoms with Gasteiger partial charge in [-0.2, -0.15) is 0 Å². The van der Waals surface area contributed by atoms with Gasteiger partial charge in [0.2, 0.25) is 0 Å². The van der Waals surface area contributed by atoms with Gasteiger partial charge in [-0.15, -0.1) is 0 Å². The average molecular weight is 344 g/mol. The third-order valence-corrected chi connectivity index (χ3v) is 4.13. The quantitative estimate of drug-likeness (QED) is 0.828. The normalized spacial score (nSPS) is 16.1. The Bertz CT molecular complexity index is 461. The molecule has 0 atom stereocenters. The van der Waals surface area contributed by atoms with Gasteiger partial charge in [0.25, 0.3) is 5.91 Å². The van der Waals surface area contributed by atoms with E-state index in [2.05, 4.69) is 21.2 Å². The van der Waals surface area contributed by atoms with Crippen LogP contribution in [0.25, 0.3) is 0 Å². The minimum absolute atomic E-state index is 0.218. The first-order valence-electron chi connectivity index (χ1n) is 7.01. The summed E-state index contributed by atoms with van der Waals surface area (Å²) < 4.78 is 19.1. The molecule has 1 aromatic rings. The Labute approximate surface area is 127 Å². The maximum absolute atomic E-state index is 12.9. The van der Waals surface area contributed by atoms with Gasteiger partial charge in [-0.1, -0.05) is 19.3 Å². The third-order valence-electron chi connectivity index (χ3n) is 3.47. The molecule has 0 saturated heterocycles. The molecule has 20 heavy (non-hydrogen) atoms. The number of hydrogen-bond acceptors (Lipinski definition) is 2. The van der Waals surface area contributed by atoms with Crippen LogP contribution < -0.4 is 5.32 Å². The van der Waals surface area contributed by atoms with Crippen molar-refractivity contribution < 1.29 is 13.9 Å². The summed E-state index contributed by atoms with van der Waals surface area (Å²) in [5, 5.41) is 2.78. The molecule has 0 unspecified atom stereocenters. The summed E-state index contributed by atoms with van der Waals surface area (Å²) >= 11 is 3.19. The molecule has 3 nitrogen and oxygen atoms in total. The van der Waals surface area contributed by atoms with Crippen LogP contribution in [0, 0.1) is 5.82 Å². The molecular weight excluding hydrogens is 325 g/mol. The maximum Gasteiger partial charge on any atom is 0.252 e. The minimum atomic E-state index is -0.367. The Morgan fingerprint density at radius 1 is 1.35 bits per heavy atom. The van der Waals surface area contributed by atoms with Gasteiger partial charge in [0.1, 0.15) is 5.82 Å². The first-order valence-corrected chi connectivity index (χ1v) is 7.81. The lowest BCUT2D eigenvalue weighted by Crippen LogP contribution is -2.29. The summed E-state index contributed by atoms with van der Waals surface area (Å²) in [6.45, 7) is 0.994. The van der Waals surface area contributed by atoms with Crippen molar-refractivity contribution >= 4 is 21.8 Å². The number of halogens is 2. The average Bonchev–Trinajstić information content (AvgIpc) is 2.44. The summed E-state index contributed by atoms with van der Waals surface area (Å²) in [5.41, 5.74) is 0.434. The van der Waals surface area contributed by atoms with E-state index in [4.69, 9.17) is 4.74 Å². The highest BCUT2D eigenvalue weighted by Crippen LogP contribution is 2.20. The summed E-state index contributed by atoms with van der Waals surface area (Å²) in [5.74, 6) is -0.585. The number of amides is 1. The minimum Gasteiger partial charge on any atom is -0.376 e. The maximum atomic E-state index is 12.9. The van der Waals surface area contributed by atoms with Gasteiger partial charge in [-0.25, -0.2) is 4.39 Å². The highest BCUT2D eigenvalue weighted by atomic mass is 79.9. The lowest BCUT2D eigenvalue weighted by molar-refractivity contribution is 0.0299. The largest absolute Gasteiger partial charge is 0.376 e. The molecule has 2 rings (SSSR count). The van der Waals surface area contributed by atoms with Crippen LogP contribution in [0.15, 0.2) is 22.7 Å². The molecule has 1 saturated carbocycles. The Kier molecular flexibility index (Phi) is 5.98. The van der Waals surface area contributed by atoms with E-state index in [1.165, 1.54) is 37.5 Å². The third kappa shape index (κ3) is 4.56. The molecule has 0 heterocycles. The van der Waals surface area contributed by atoms with Crippen LogP contribution in [-0.2, 0) is 4.74 Å². The van der Waals surface area contributed by atoms with Crippen molar-refractivity contribution in [3.63, 3.8) is 0 Å². The Balaban J connectivity index is 1.72. The number of rotatable bonds is 5. The smallest absolute Gasteiger partial charge is 0.252 e. The standard InChI is InChI=1S/C15H19BrFNO2/c16-14-10-11(17)6-7-13(14)15(19)18-8-9-20-12-4-2-1-3-5-12/h6-7,10,12H,1-5,8-9H2,(H,18,19). The van der Waals surface area contributed by atoms with E-state index in [1.54, 1.807) is 0 Å². The summed E-state index contributed by atoms with van der Waals surface area (Å²) in [6.07, 6.45) is 6.36. The molecule has 0 aliphatic heterocycles. The lowest BCUT2D eigenvalue weighted by Gasteiger charge is -2.22. The molecule has 110 valence electrons. The van der Waals surface area contributed by atoms with Gasteiger partial charge in [0.15, 0.2) is 0 Å². The van der Waals surface area contributed by atoms with Gasteiger partial charge in [-0.05, 0) is 47.0 Å². The van der Waals surface area contributed by atoms with Crippen LogP contribution in [0.4, 0.5) is 4.39 Å². The Morgan fingerprint density at radius 2 is 2.10 bits per heavy atom. The summed E-state index contributed by atoms with van der Waals surface area (Å²) in [4.78, 5) is 11.9. The second kappa shape index (κ2) is 7.74. The Hall–Kier alpha value is -0.940. The second-order valence-electron chi connectivity index (χ2n) is 5.01. The number of nitrogens with one attached hydrogen (secondary N) is 1. The van der Waals surface area contributed by atoms with Crippen LogP contribution in [0.3, 0.4) is 0 Å². The molecular formula is C15H19BrFNO2. The van der Waals surface area contributed by atoms with Crippen LogP contribution >= 0.6 is 15.9 Å². The number of carbonyl (C=O) groups is 1. The molecule has 1 N–H and O–H groups in total. The van der Waals surface area contributed by atoms with Crippen LogP contribution in [0.5, 0.6) is 0 Å². The topological polar surface area (TPSA) is 38.3 Å². The highest BCUT2D eigenvalue weighted by Gasteiger charge is 2.14. The van der Waals surface area contributed by atoms with Crippen molar-refractivity contribution in [3.8, 4) is 0 Å². The van der Waals surface area contributed by atoms with Gasteiger partial charge < -0.3 is 10.1 Å². The van der Waals surface area contributed by atoms with Gasteiger partial charge in [0.05, 0.1) is 18.3 Å². The lowest BCUT2D eigenvalue weighted by atomic mass is 9.98. The zero-order chi connectivity index (χ0) is 14.4. The fourth-order valence-electron chi connectivity index (χ4n) is 2.39. The van der Waals surface area contributed by atoms with Gasteiger partial charge >= 0.3 is 0 Å². The van der Waals surface area contributed by atoms with E-state index >= 15 is 0 Å². The van der Waals surface area contributed by atoms with Gasteiger partial charge in [-0.3, -0.25) is 4.79 Å². The molecule has 1 fully saturated rings. The second-order valence-corrected chi connectivity index (χ2v) is 5.87. The van der Waals surface area contributed by atoms with E-state index < -0.39 is 0 Å². The van der Waals surface area contributed by atoms with E-state index in [-0.39, 0.29) is 11.7 Å². The number of carbonyl (C=O) groups excluding carboxylic acids is 1. The van der Waals surface area contributed by atoms with E-state index in [1.807, 2.05) is 0 Å². The highest BCUT2D eigenvalue weighted by molar-refractivity contribution is 9.10. The molecule has 0 bridgehead atoms. The van der Waals surface area contributed by atoms with Crippen molar-refractivity contribution in [1.29, 1.82) is 0 Å². The molecule has 0 aromatic heterocycles. The van der Waals surface area contributed by atoms with Crippen LogP contribution in [0.2, 0.25) is 0 Å². The molecule has 0 radical (unpaired) electrons. The van der Waals surface area contributed by atoms with E-state index in [0.717, 1.165) is 12.8 Å². The van der Waals surface area contributed by atoms with Crippen molar-refractivity contribution in [3.05, 3.63) is 34.1 Å². The number of benzene rings is 1. The number of hydrogen-bond donors (Lipinski definition) is 1. The molecule has 5 heteroatoms. The van der Waals surface area contributed by atoms with Crippen molar-refractivity contribution in [2.45, 2.75) is 38.2 Å². The van der Waals surface area contributed by atoms with Crippen LogP contribution in [0.1, 0.15) is 42.5 Å². The monoisotopic (exact) mass is 343 g/mol. The van der Waals surface area contributed by atoms with Crippen molar-refractivity contribution in [2.75, 3.05) is 13.2 Å². The fraction of sp³-hybridized carbons (Fsp3) is 0.533. The molecule has 1 amide bonds. The molecule has 1 aliphatic carbocycles. The molecule has 1 aromatic carbocycles. The zero-order valence-electron chi connectivity index (χ0n) is 11.3. The van der Waals surface area contributed by atoms with E-state index in [0.29, 0.717) is 29.3 Å². The van der Waals surface area contributed by atoms with Gasteiger partial charge in [0, 0.05) is 11.0 Å². The summed E-state index contributed by atoms with van der Waals surface area (Å²) in [6, 6.07) is 4.03. The SMILES string of the molecule is O=C(NCCOC1CCCCC1)c1ccc(F)cc1Br. The predicted octanol–water partition coefficient (Wildman–Crippen LogP) is 3.67. The first-order chi connectivity index (χ1) is 9.66. The first kappa shape index (κ1) is 15.4. The van der Waals surface area contributed by atoms with Crippen LogP contribution in [-0.4, -0.2) is 25.2 Å². The zero-order valence-corrected chi connectivity index (χ0v) is 12.9.